The van der Waals surface area contributed by atoms with E-state index < -0.39 is 0 Å². The molecule has 0 spiro atoms. The van der Waals surface area contributed by atoms with Crippen LogP contribution in [0.1, 0.15) is 42.0 Å². The molecule has 0 atom stereocenters. The molecule has 2 aromatic carbocycles. The summed E-state index contributed by atoms with van der Waals surface area (Å²) in [5.74, 6) is -0.254. The number of fused-ring (bicyclic) bond motifs is 1. The third kappa shape index (κ3) is 3.90. The summed E-state index contributed by atoms with van der Waals surface area (Å²) in [5.41, 5.74) is 6.74. The lowest BCUT2D eigenvalue weighted by molar-refractivity contribution is -0.107. The van der Waals surface area contributed by atoms with Crippen molar-refractivity contribution in [3.63, 3.8) is 0 Å². The smallest absolute Gasteiger partial charge is 0.128 e. The number of hydrogen-bond donors (Lipinski definition) is 1. The first-order valence-electron chi connectivity index (χ1n) is 9.46. The Morgan fingerprint density at radius 1 is 1.23 bits per heavy atom. The molecule has 0 saturated carbocycles. The van der Waals surface area contributed by atoms with Crippen molar-refractivity contribution in [3.05, 3.63) is 58.4 Å². The summed E-state index contributed by atoms with van der Waals surface area (Å²) < 4.78 is 14.1. The fourth-order valence-corrected chi connectivity index (χ4v) is 3.79. The summed E-state index contributed by atoms with van der Waals surface area (Å²) in [6.07, 6.45) is 3.99. The Balaban J connectivity index is 1.74. The maximum atomic E-state index is 14.1. The van der Waals surface area contributed by atoms with Crippen LogP contribution in [0.2, 0.25) is 0 Å². The van der Waals surface area contributed by atoms with Crippen molar-refractivity contribution in [1.82, 2.24) is 0 Å². The molecule has 1 aliphatic rings. The number of aryl methyl sites for hydroxylation is 2. The number of nitrogens with zero attached hydrogens (tertiary/aromatic N) is 1. The Bertz CT molecular complexity index is 788. The Hall–Kier alpha value is -2.36. The second kappa shape index (κ2) is 8.35. The van der Waals surface area contributed by atoms with E-state index in [1.54, 1.807) is 6.07 Å². The van der Waals surface area contributed by atoms with Gasteiger partial charge in [0.25, 0.3) is 0 Å². The zero-order valence-electron chi connectivity index (χ0n) is 15.6. The number of carbonyl (C=O) groups excluding carboxylic acids is 1. The molecule has 2 aromatic rings. The summed E-state index contributed by atoms with van der Waals surface area (Å²) >= 11 is 0. The van der Waals surface area contributed by atoms with Gasteiger partial charge in [0.2, 0.25) is 0 Å². The highest BCUT2D eigenvalue weighted by atomic mass is 19.1. The Morgan fingerprint density at radius 3 is 2.77 bits per heavy atom. The van der Waals surface area contributed by atoms with Crippen LogP contribution in [0.4, 0.5) is 15.8 Å². The van der Waals surface area contributed by atoms with Gasteiger partial charge in [0.05, 0.1) is 0 Å². The van der Waals surface area contributed by atoms with E-state index in [0.29, 0.717) is 24.9 Å². The van der Waals surface area contributed by atoms with Crippen LogP contribution in [0, 0.1) is 12.7 Å². The van der Waals surface area contributed by atoms with Gasteiger partial charge < -0.3 is 15.0 Å². The van der Waals surface area contributed by atoms with E-state index >= 15 is 0 Å². The molecule has 1 aliphatic heterocycles. The fraction of sp³-hybridized carbons (Fsp3) is 0.409. The number of benzene rings is 2. The van der Waals surface area contributed by atoms with Crippen molar-refractivity contribution in [2.75, 3.05) is 23.3 Å². The predicted molar refractivity (Wildman–Crippen MR) is 105 cm³/mol. The summed E-state index contributed by atoms with van der Waals surface area (Å²) in [6, 6.07) is 9.60. The first kappa shape index (κ1) is 18.4. The average molecular weight is 354 g/mol. The lowest BCUT2D eigenvalue weighted by Crippen LogP contribution is -2.30. The molecule has 0 aromatic heterocycles. The van der Waals surface area contributed by atoms with Gasteiger partial charge >= 0.3 is 0 Å². The van der Waals surface area contributed by atoms with Crippen LogP contribution in [0.15, 0.2) is 30.3 Å². The minimum atomic E-state index is -0.254. The highest BCUT2D eigenvalue weighted by molar-refractivity contribution is 5.64. The number of nitrogens with one attached hydrogen (secondary N) is 1. The van der Waals surface area contributed by atoms with Crippen molar-refractivity contribution in [1.29, 1.82) is 0 Å². The number of aldehydes is 1. The highest BCUT2D eigenvalue weighted by Crippen LogP contribution is 2.33. The van der Waals surface area contributed by atoms with Gasteiger partial charge in [0.15, 0.2) is 0 Å². The largest absolute Gasteiger partial charge is 0.381 e. The molecule has 26 heavy (non-hydrogen) atoms. The van der Waals surface area contributed by atoms with Gasteiger partial charge in [-0.3, -0.25) is 0 Å². The molecule has 0 aliphatic carbocycles. The lowest BCUT2D eigenvalue weighted by atomic mass is 9.94. The van der Waals surface area contributed by atoms with E-state index in [9.17, 15) is 9.18 Å². The molecular weight excluding hydrogens is 327 g/mol. The third-order valence-electron chi connectivity index (χ3n) is 5.27. The number of carbonyl (C=O) groups is 1. The van der Waals surface area contributed by atoms with Crippen LogP contribution in [0.3, 0.4) is 0 Å². The molecule has 0 amide bonds. The monoisotopic (exact) mass is 354 g/mol. The molecule has 138 valence electrons. The van der Waals surface area contributed by atoms with Crippen molar-refractivity contribution >= 4 is 17.7 Å². The van der Waals surface area contributed by atoms with Crippen molar-refractivity contribution in [3.8, 4) is 0 Å². The molecule has 1 N–H and O–H groups in total. The molecule has 3 rings (SSSR count). The first-order chi connectivity index (χ1) is 12.6. The standard InChI is InChI=1S/C22H27FN2O/c1-3-25-12-4-6-18-8-9-19(16(2)22(18)25)15-24-20-11-10-17(7-5-13-26)21(23)14-20/h8-11,13-14,24H,3-7,12,15H2,1-2H3. The zero-order chi connectivity index (χ0) is 18.5. The Morgan fingerprint density at radius 2 is 2.04 bits per heavy atom. The summed E-state index contributed by atoms with van der Waals surface area (Å²) in [6.45, 7) is 7.21. The maximum Gasteiger partial charge on any atom is 0.128 e. The summed E-state index contributed by atoms with van der Waals surface area (Å²) in [5, 5.41) is 3.34. The average Bonchev–Trinajstić information content (AvgIpc) is 2.66. The molecular formula is C22H27FN2O. The number of rotatable bonds is 7. The van der Waals surface area contributed by atoms with Gasteiger partial charge in [-0.05, 0) is 67.5 Å². The minimum Gasteiger partial charge on any atom is -0.381 e. The maximum absolute atomic E-state index is 14.1. The molecule has 1 heterocycles. The van der Waals surface area contributed by atoms with Gasteiger partial charge in [-0.25, -0.2) is 4.39 Å². The van der Waals surface area contributed by atoms with Gasteiger partial charge in [-0.15, -0.1) is 0 Å². The zero-order valence-corrected chi connectivity index (χ0v) is 15.6. The second-order valence-corrected chi connectivity index (χ2v) is 6.91. The number of hydrogen-bond acceptors (Lipinski definition) is 3. The quantitative estimate of drug-likeness (QED) is 0.735. The van der Waals surface area contributed by atoms with Gasteiger partial charge in [-0.2, -0.15) is 0 Å². The molecule has 3 nitrogen and oxygen atoms in total. The van der Waals surface area contributed by atoms with E-state index in [1.165, 1.54) is 34.9 Å². The van der Waals surface area contributed by atoms with Gasteiger partial charge in [0.1, 0.15) is 12.1 Å². The molecule has 0 saturated heterocycles. The Kier molecular flexibility index (Phi) is 5.92. The number of halogens is 1. The molecule has 0 fully saturated rings. The van der Waals surface area contributed by atoms with Crippen LogP contribution in [0.25, 0.3) is 0 Å². The van der Waals surface area contributed by atoms with E-state index in [2.05, 4.69) is 36.2 Å². The normalized spacial score (nSPS) is 13.4. The summed E-state index contributed by atoms with van der Waals surface area (Å²) in [4.78, 5) is 12.9. The molecule has 0 unspecified atom stereocenters. The van der Waals surface area contributed by atoms with Gasteiger partial charge in [0, 0.05) is 37.4 Å². The molecule has 4 heteroatoms. The summed E-state index contributed by atoms with van der Waals surface area (Å²) in [7, 11) is 0. The predicted octanol–water partition coefficient (Wildman–Crippen LogP) is 4.65. The lowest BCUT2D eigenvalue weighted by Gasteiger charge is -2.33. The van der Waals surface area contributed by atoms with Crippen LogP contribution >= 0.6 is 0 Å². The third-order valence-corrected chi connectivity index (χ3v) is 5.27. The van der Waals surface area contributed by atoms with E-state index in [1.807, 2.05) is 6.07 Å². The van der Waals surface area contributed by atoms with Crippen molar-refractivity contribution < 1.29 is 9.18 Å². The van der Waals surface area contributed by atoms with E-state index in [-0.39, 0.29) is 5.82 Å². The van der Waals surface area contributed by atoms with E-state index in [0.717, 1.165) is 31.5 Å². The Labute approximate surface area is 155 Å². The van der Waals surface area contributed by atoms with Crippen molar-refractivity contribution in [2.45, 2.75) is 46.1 Å². The van der Waals surface area contributed by atoms with Crippen LogP contribution < -0.4 is 10.2 Å². The molecule has 0 bridgehead atoms. The topological polar surface area (TPSA) is 32.3 Å². The first-order valence-corrected chi connectivity index (χ1v) is 9.46. The second-order valence-electron chi connectivity index (χ2n) is 6.91. The van der Waals surface area contributed by atoms with Gasteiger partial charge in [-0.1, -0.05) is 18.2 Å². The van der Waals surface area contributed by atoms with Crippen LogP contribution in [-0.4, -0.2) is 19.4 Å². The SMILES string of the molecule is CCN1CCCc2ccc(CNc3ccc(CCC=O)c(F)c3)c(C)c21. The highest BCUT2D eigenvalue weighted by Gasteiger charge is 2.19. The van der Waals surface area contributed by atoms with Crippen molar-refractivity contribution in [2.24, 2.45) is 0 Å². The van der Waals surface area contributed by atoms with Crippen LogP contribution in [-0.2, 0) is 24.2 Å². The number of anilines is 2. The fourth-order valence-electron chi connectivity index (χ4n) is 3.79. The van der Waals surface area contributed by atoms with Crippen LogP contribution in [0.5, 0.6) is 0 Å². The minimum absolute atomic E-state index is 0.254. The molecule has 0 radical (unpaired) electrons. The van der Waals surface area contributed by atoms with E-state index in [4.69, 9.17) is 0 Å².